The van der Waals surface area contributed by atoms with E-state index in [0.717, 1.165) is 0 Å². The number of Topliss-reactive ketones (excluding diaryl/α,β-unsaturated/α-hetero) is 1. The van der Waals surface area contributed by atoms with E-state index in [4.69, 9.17) is 0 Å². The Kier molecular flexibility index (Phi) is 2.12. The van der Waals surface area contributed by atoms with Crippen molar-refractivity contribution in [3.63, 3.8) is 0 Å². The van der Waals surface area contributed by atoms with Crippen molar-refractivity contribution < 1.29 is 6.22 Å². The number of carbonyl (C=O) groups excluding carboxylic acids is 1. The maximum absolute atomic E-state index is 10.2. The minimum absolute atomic E-state index is 0. The van der Waals surface area contributed by atoms with Crippen molar-refractivity contribution in [1.29, 1.82) is 0 Å². The molecule has 0 unspecified atom stereocenters. The predicted molar refractivity (Wildman–Crippen MR) is 31.0 cm³/mol. The Labute approximate surface area is 44.7 Å². The lowest BCUT2D eigenvalue weighted by Gasteiger charge is -1.94. The van der Waals surface area contributed by atoms with Gasteiger partial charge >= 0.3 is 0 Å². The van der Waals surface area contributed by atoms with Crippen LogP contribution in [0.15, 0.2) is 12.3 Å². The van der Waals surface area contributed by atoms with Crippen LogP contribution in [0.25, 0.3) is 0 Å². The summed E-state index contributed by atoms with van der Waals surface area (Å²) in [6, 6.07) is 0. The molecule has 0 aromatic carbocycles. The van der Waals surface area contributed by atoms with Crippen LogP contribution in [-0.4, -0.2) is 12.8 Å². The lowest BCUT2D eigenvalue weighted by molar-refractivity contribution is -0.113. The second-order valence-corrected chi connectivity index (χ2v) is 1.28. The third kappa shape index (κ3) is 1.98. The monoisotopic (exact) mass is 101 g/mol. The number of nitrogens with one attached hydrogen (secondary N) is 1. The number of ketones is 1. The number of allylic oxidation sites excluding steroid dienone is 1. The van der Waals surface area contributed by atoms with Gasteiger partial charge in [0.15, 0.2) is 5.78 Å². The molecular formula is C5H11NO. The van der Waals surface area contributed by atoms with E-state index in [-0.39, 0.29) is 7.21 Å². The highest BCUT2D eigenvalue weighted by atomic mass is 16.1. The molecule has 1 N–H and O–H groups in total. The van der Waals surface area contributed by atoms with Gasteiger partial charge in [0.2, 0.25) is 0 Å². The minimum atomic E-state index is -0.0116. The minimum Gasteiger partial charge on any atom is -0.386 e. The molecule has 0 fully saturated rings. The summed E-state index contributed by atoms with van der Waals surface area (Å²) in [6.07, 6.45) is 0. The van der Waals surface area contributed by atoms with Crippen LogP contribution in [0.5, 0.6) is 0 Å². The van der Waals surface area contributed by atoms with Crippen LogP contribution in [0, 0.1) is 0 Å². The maximum Gasteiger partial charge on any atom is 0.174 e. The Morgan fingerprint density at radius 1 is 1.86 bits per heavy atom. The molecule has 2 nitrogen and oxygen atoms in total. The molecule has 0 rings (SSSR count). The first-order valence-corrected chi connectivity index (χ1v) is 2.06. The molecule has 0 aromatic rings. The topological polar surface area (TPSA) is 29.1 Å². The fraction of sp³-hybridized carbons (Fsp3) is 0.400. The van der Waals surface area contributed by atoms with Gasteiger partial charge in [-0.25, -0.2) is 0 Å². The summed E-state index contributed by atoms with van der Waals surface area (Å²) in [5, 5.41) is 2.62. The summed E-state index contributed by atoms with van der Waals surface area (Å²) in [5.41, 5.74) is 0.458. The first-order chi connectivity index (χ1) is 3.18. The molecule has 0 radical (unpaired) electrons. The predicted octanol–water partition coefficient (Wildman–Crippen LogP) is 0.554. The van der Waals surface area contributed by atoms with E-state index in [1.165, 1.54) is 6.92 Å². The molecule has 0 amide bonds. The third-order valence-electron chi connectivity index (χ3n) is 0.727. The van der Waals surface area contributed by atoms with Crippen molar-refractivity contribution in [2.24, 2.45) is 0 Å². The van der Waals surface area contributed by atoms with Gasteiger partial charge in [0.1, 0.15) is 0 Å². The summed E-state index contributed by atoms with van der Waals surface area (Å²) >= 11 is 0. The van der Waals surface area contributed by atoms with Gasteiger partial charge in [0.25, 0.3) is 0 Å². The van der Waals surface area contributed by atoms with Crippen LogP contribution in [0.3, 0.4) is 0 Å². The highest BCUT2D eigenvalue weighted by Crippen LogP contribution is 1.79. The Morgan fingerprint density at radius 2 is 2.29 bits per heavy atom. The van der Waals surface area contributed by atoms with Gasteiger partial charge in [0, 0.05) is 15.4 Å². The van der Waals surface area contributed by atoms with Crippen molar-refractivity contribution in [3.05, 3.63) is 12.3 Å². The SMILES string of the molecule is C=C(NC)C(C)=O.[HH]. The second-order valence-electron chi connectivity index (χ2n) is 1.28. The quantitative estimate of drug-likeness (QED) is 0.515. The van der Waals surface area contributed by atoms with E-state index in [9.17, 15) is 4.79 Å². The highest BCUT2D eigenvalue weighted by molar-refractivity contribution is 5.91. The third-order valence-corrected chi connectivity index (χ3v) is 0.727. The second kappa shape index (κ2) is 2.39. The first kappa shape index (κ1) is 6.21. The summed E-state index contributed by atoms with van der Waals surface area (Å²) in [4.78, 5) is 10.2. The van der Waals surface area contributed by atoms with Gasteiger partial charge in [-0.2, -0.15) is 0 Å². The Balaban J connectivity index is 0. The van der Waals surface area contributed by atoms with Crippen LogP contribution in [-0.2, 0) is 4.79 Å². The van der Waals surface area contributed by atoms with Gasteiger partial charge in [0.05, 0.1) is 5.70 Å². The Morgan fingerprint density at radius 3 is 2.29 bits per heavy atom. The standard InChI is InChI=1S/C5H9NO.H2/c1-4(6-3)5(2)7;/h6H,1H2,2-3H3;1H. The van der Waals surface area contributed by atoms with E-state index >= 15 is 0 Å². The zero-order valence-electron chi connectivity index (χ0n) is 4.62. The van der Waals surface area contributed by atoms with Crippen LogP contribution in [0.4, 0.5) is 0 Å². The molecule has 0 bridgehead atoms. The number of rotatable bonds is 2. The summed E-state index contributed by atoms with van der Waals surface area (Å²) < 4.78 is 0. The number of likely N-dealkylation sites (N-methyl/N-ethyl adjacent to an activating group) is 1. The van der Waals surface area contributed by atoms with Crippen molar-refractivity contribution in [2.75, 3.05) is 7.05 Å². The van der Waals surface area contributed by atoms with E-state index in [1.54, 1.807) is 7.05 Å². The Hall–Kier alpha value is -0.790. The zero-order chi connectivity index (χ0) is 5.86. The van der Waals surface area contributed by atoms with Crippen molar-refractivity contribution in [2.45, 2.75) is 6.92 Å². The molecule has 7 heavy (non-hydrogen) atoms. The fourth-order valence-corrected chi connectivity index (χ4v) is 0.176. The lowest BCUT2D eigenvalue weighted by Crippen LogP contribution is -2.10. The molecule has 0 atom stereocenters. The molecule has 0 saturated heterocycles. The van der Waals surface area contributed by atoms with Gasteiger partial charge in [-0.1, -0.05) is 6.58 Å². The first-order valence-electron chi connectivity index (χ1n) is 2.06. The van der Waals surface area contributed by atoms with Crippen LogP contribution >= 0.6 is 0 Å². The maximum atomic E-state index is 10.2. The lowest BCUT2D eigenvalue weighted by atomic mass is 10.4. The molecule has 0 aliphatic heterocycles. The molecule has 0 aliphatic rings. The van der Waals surface area contributed by atoms with Gasteiger partial charge in [-0.05, 0) is 0 Å². The number of hydrogen-bond acceptors (Lipinski definition) is 2. The molecule has 42 valence electrons. The van der Waals surface area contributed by atoms with Gasteiger partial charge < -0.3 is 5.32 Å². The van der Waals surface area contributed by atoms with Crippen molar-refractivity contribution in [3.8, 4) is 0 Å². The average molecular weight is 101 g/mol. The smallest absolute Gasteiger partial charge is 0.174 e. The molecule has 2 heteroatoms. The normalized spacial score (nSPS) is 7.71. The van der Waals surface area contributed by atoms with E-state index in [1.807, 2.05) is 0 Å². The molecule has 0 spiro atoms. The van der Waals surface area contributed by atoms with Crippen LogP contribution in [0.1, 0.15) is 8.35 Å². The van der Waals surface area contributed by atoms with Crippen LogP contribution < -0.4 is 5.32 Å². The zero-order valence-corrected chi connectivity index (χ0v) is 4.62. The summed E-state index contributed by atoms with van der Waals surface area (Å²) in [7, 11) is 1.67. The molecule has 0 heterocycles. The largest absolute Gasteiger partial charge is 0.386 e. The summed E-state index contributed by atoms with van der Waals surface area (Å²) in [6.45, 7) is 4.88. The van der Waals surface area contributed by atoms with E-state index in [0.29, 0.717) is 5.70 Å². The van der Waals surface area contributed by atoms with Gasteiger partial charge in [-0.3, -0.25) is 4.79 Å². The van der Waals surface area contributed by atoms with Gasteiger partial charge in [-0.15, -0.1) is 0 Å². The van der Waals surface area contributed by atoms with Crippen molar-refractivity contribution >= 4 is 5.78 Å². The molecule has 0 saturated carbocycles. The van der Waals surface area contributed by atoms with Crippen LogP contribution in [0.2, 0.25) is 0 Å². The molecule has 0 aromatic heterocycles. The molecule has 0 aliphatic carbocycles. The highest BCUT2D eigenvalue weighted by Gasteiger charge is 1.91. The van der Waals surface area contributed by atoms with E-state index < -0.39 is 0 Å². The Bertz CT molecular complexity index is 101. The average Bonchev–Trinajstić information content (AvgIpc) is 1.65. The van der Waals surface area contributed by atoms with E-state index in [2.05, 4.69) is 11.9 Å². The molecular weight excluding hydrogens is 90.1 g/mol. The number of carbonyl (C=O) groups is 1. The fourth-order valence-electron chi connectivity index (χ4n) is 0.176. The summed E-state index contributed by atoms with van der Waals surface area (Å²) in [5.74, 6) is -0.0116. The van der Waals surface area contributed by atoms with Crippen molar-refractivity contribution in [1.82, 2.24) is 5.32 Å². The number of hydrogen-bond donors (Lipinski definition) is 1.